The molecule has 2 rings (SSSR count). The van der Waals surface area contributed by atoms with Crippen LogP contribution in [-0.4, -0.2) is 34.8 Å². The maximum Gasteiger partial charge on any atom is 0.245 e. The summed E-state index contributed by atoms with van der Waals surface area (Å²) >= 11 is 0. The molecule has 1 saturated heterocycles. The summed E-state index contributed by atoms with van der Waals surface area (Å²) in [4.78, 5) is 25.3. The van der Waals surface area contributed by atoms with Crippen LogP contribution in [0.2, 0.25) is 0 Å². The molecule has 1 aliphatic carbocycles. The number of carbonyl (C=O) groups excluding carboxylic acids is 2. The zero-order chi connectivity index (χ0) is 11.2. The summed E-state index contributed by atoms with van der Waals surface area (Å²) in [6.45, 7) is 5.74. The molecule has 1 saturated carbocycles. The molecule has 0 radical (unpaired) electrons. The fraction of sp³-hybridized carbons (Fsp3) is 0.818. The van der Waals surface area contributed by atoms with Crippen molar-refractivity contribution >= 4 is 11.8 Å². The standard InChI is InChI=1S/C11H18N2O2/c1-6-4-9(5-6)13-8(3)10(14)12-7(2)11(13)15/h6-9H,4-5H2,1-3H3,(H,12,14). The molecule has 0 aromatic heterocycles. The van der Waals surface area contributed by atoms with Crippen LogP contribution in [0.5, 0.6) is 0 Å². The van der Waals surface area contributed by atoms with Gasteiger partial charge in [-0.3, -0.25) is 9.59 Å². The van der Waals surface area contributed by atoms with E-state index in [1.54, 1.807) is 11.8 Å². The Labute approximate surface area is 90.0 Å². The van der Waals surface area contributed by atoms with Crippen LogP contribution < -0.4 is 5.32 Å². The fourth-order valence-electron chi connectivity index (χ4n) is 2.52. The van der Waals surface area contributed by atoms with Gasteiger partial charge in [0.05, 0.1) is 0 Å². The molecule has 2 atom stereocenters. The largest absolute Gasteiger partial charge is 0.343 e. The molecular weight excluding hydrogens is 192 g/mol. The van der Waals surface area contributed by atoms with E-state index in [1.165, 1.54) is 0 Å². The minimum atomic E-state index is -0.357. The summed E-state index contributed by atoms with van der Waals surface area (Å²) in [5, 5.41) is 2.69. The smallest absolute Gasteiger partial charge is 0.245 e. The summed E-state index contributed by atoms with van der Waals surface area (Å²) in [7, 11) is 0. The van der Waals surface area contributed by atoms with Crippen molar-refractivity contribution in [3.05, 3.63) is 0 Å². The minimum Gasteiger partial charge on any atom is -0.343 e. The quantitative estimate of drug-likeness (QED) is 0.686. The van der Waals surface area contributed by atoms with Crippen LogP contribution in [0.4, 0.5) is 0 Å². The minimum absolute atomic E-state index is 0.0262. The van der Waals surface area contributed by atoms with Crippen molar-refractivity contribution in [2.24, 2.45) is 5.92 Å². The van der Waals surface area contributed by atoms with Crippen LogP contribution in [0.1, 0.15) is 33.6 Å². The van der Waals surface area contributed by atoms with E-state index >= 15 is 0 Å². The van der Waals surface area contributed by atoms with Crippen LogP contribution in [0.25, 0.3) is 0 Å². The van der Waals surface area contributed by atoms with Crippen molar-refractivity contribution in [3.63, 3.8) is 0 Å². The summed E-state index contributed by atoms with van der Waals surface area (Å²) in [5.41, 5.74) is 0. The zero-order valence-corrected chi connectivity index (χ0v) is 9.49. The highest BCUT2D eigenvalue weighted by Gasteiger charge is 2.43. The second kappa shape index (κ2) is 3.51. The van der Waals surface area contributed by atoms with E-state index in [0.717, 1.165) is 12.8 Å². The maximum atomic E-state index is 11.9. The van der Waals surface area contributed by atoms with E-state index < -0.39 is 0 Å². The Hall–Kier alpha value is -1.06. The van der Waals surface area contributed by atoms with Crippen molar-refractivity contribution in [3.8, 4) is 0 Å². The number of amides is 2. The van der Waals surface area contributed by atoms with Crippen LogP contribution in [0, 0.1) is 5.92 Å². The van der Waals surface area contributed by atoms with Crippen LogP contribution in [0.15, 0.2) is 0 Å². The zero-order valence-electron chi connectivity index (χ0n) is 9.49. The van der Waals surface area contributed by atoms with Crippen molar-refractivity contribution in [2.45, 2.75) is 51.7 Å². The lowest BCUT2D eigenvalue weighted by atomic mass is 9.79. The second-order valence-electron chi connectivity index (χ2n) is 4.88. The van der Waals surface area contributed by atoms with Gasteiger partial charge < -0.3 is 10.2 Å². The van der Waals surface area contributed by atoms with Gasteiger partial charge in [-0.1, -0.05) is 6.92 Å². The predicted octanol–water partition coefficient (Wildman–Crippen LogP) is 0.520. The Morgan fingerprint density at radius 2 is 1.80 bits per heavy atom. The molecule has 1 N–H and O–H groups in total. The summed E-state index contributed by atoms with van der Waals surface area (Å²) in [5.74, 6) is 0.732. The van der Waals surface area contributed by atoms with Crippen molar-refractivity contribution in [2.75, 3.05) is 0 Å². The number of hydrogen-bond donors (Lipinski definition) is 1. The molecule has 0 aromatic rings. The van der Waals surface area contributed by atoms with Gasteiger partial charge in [-0.25, -0.2) is 0 Å². The summed E-state index contributed by atoms with van der Waals surface area (Å²) in [6, 6.07) is -0.369. The molecule has 2 fully saturated rings. The van der Waals surface area contributed by atoms with E-state index in [9.17, 15) is 9.59 Å². The van der Waals surface area contributed by atoms with Crippen LogP contribution >= 0.6 is 0 Å². The normalized spacial score (nSPS) is 41.1. The van der Waals surface area contributed by atoms with Gasteiger partial charge in [-0.2, -0.15) is 0 Å². The summed E-state index contributed by atoms with van der Waals surface area (Å²) in [6.07, 6.45) is 2.08. The highest BCUT2D eigenvalue weighted by atomic mass is 16.2. The van der Waals surface area contributed by atoms with E-state index in [4.69, 9.17) is 0 Å². The average molecular weight is 210 g/mol. The molecule has 2 unspecified atom stereocenters. The van der Waals surface area contributed by atoms with E-state index in [-0.39, 0.29) is 29.9 Å². The van der Waals surface area contributed by atoms with Gasteiger partial charge in [-0.15, -0.1) is 0 Å². The first kappa shape index (κ1) is 10.5. The molecule has 4 nitrogen and oxygen atoms in total. The molecular formula is C11H18N2O2. The molecule has 15 heavy (non-hydrogen) atoms. The molecule has 84 valence electrons. The Morgan fingerprint density at radius 1 is 1.20 bits per heavy atom. The third-order valence-corrected chi connectivity index (χ3v) is 3.52. The molecule has 2 amide bonds. The van der Waals surface area contributed by atoms with Gasteiger partial charge in [0.15, 0.2) is 0 Å². The van der Waals surface area contributed by atoms with Crippen LogP contribution in [0.3, 0.4) is 0 Å². The lowest BCUT2D eigenvalue weighted by Crippen LogP contribution is -2.65. The first-order chi connectivity index (χ1) is 7.00. The van der Waals surface area contributed by atoms with E-state index in [1.807, 2.05) is 6.92 Å². The van der Waals surface area contributed by atoms with Gasteiger partial charge in [0, 0.05) is 6.04 Å². The van der Waals surface area contributed by atoms with Gasteiger partial charge in [0.2, 0.25) is 11.8 Å². The fourth-order valence-corrected chi connectivity index (χ4v) is 2.52. The van der Waals surface area contributed by atoms with Crippen molar-refractivity contribution in [1.82, 2.24) is 10.2 Å². The molecule has 4 heteroatoms. The third-order valence-electron chi connectivity index (χ3n) is 3.52. The average Bonchev–Trinajstić information content (AvgIpc) is 2.12. The number of nitrogens with zero attached hydrogens (tertiary/aromatic N) is 1. The van der Waals surface area contributed by atoms with E-state index in [0.29, 0.717) is 5.92 Å². The van der Waals surface area contributed by atoms with Gasteiger partial charge in [0.1, 0.15) is 12.1 Å². The topological polar surface area (TPSA) is 49.4 Å². The van der Waals surface area contributed by atoms with Crippen molar-refractivity contribution < 1.29 is 9.59 Å². The number of piperazine rings is 1. The Bertz CT molecular complexity index is 297. The van der Waals surface area contributed by atoms with Crippen LogP contribution in [-0.2, 0) is 9.59 Å². The predicted molar refractivity (Wildman–Crippen MR) is 56.1 cm³/mol. The number of hydrogen-bond acceptors (Lipinski definition) is 2. The Morgan fingerprint density at radius 3 is 2.33 bits per heavy atom. The summed E-state index contributed by atoms with van der Waals surface area (Å²) < 4.78 is 0. The Balaban J connectivity index is 2.12. The number of nitrogens with one attached hydrogen (secondary N) is 1. The highest BCUT2D eigenvalue weighted by molar-refractivity contribution is 5.96. The Kier molecular flexibility index (Phi) is 2.44. The molecule has 2 aliphatic rings. The van der Waals surface area contributed by atoms with Gasteiger partial charge >= 0.3 is 0 Å². The first-order valence-electron chi connectivity index (χ1n) is 5.63. The maximum absolute atomic E-state index is 11.9. The molecule has 1 aliphatic heterocycles. The second-order valence-corrected chi connectivity index (χ2v) is 4.88. The molecule has 1 heterocycles. The number of rotatable bonds is 1. The highest BCUT2D eigenvalue weighted by Crippen LogP contribution is 2.33. The number of carbonyl (C=O) groups is 2. The molecule has 0 aromatic carbocycles. The third kappa shape index (κ3) is 1.62. The lowest BCUT2D eigenvalue weighted by molar-refractivity contribution is -0.153. The van der Waals surface area contributed by atoms with Gasteiger partial charge in [0.25, 0.3) is 0 Å². The monoisotopic (exact) mass is 210 g/mol. The SMILES string of the molecule is CC1CC(N2C(=O)C(C)NC(=O)C2C)C1. The molecule has 0 spiro atoms. The lowest BCUT2D eigenvalue weighted by Gasteiger charge is -2.47. The molecule has 0 bridgehead atoms. The van der Waals surface area contributed by atoms with Gasteiger partial charge in [-0.05, 0) is 32.6 Å². The first-order valence-corrected chi connectivity index (χ1v) is 5.63. The van der Waals surface area contributed by atoms with E-state index in [2.05, 4.69) is 12.2 Å². The van der Waals surface area contributed by atoms with Crippen molar-refractivity contribution in [1.29, 1.82) is 0 Å².